The summed E-state index contributed by atoms with van der Waals surface area (Å²) in [6.07, 6.45) is 0.775. The first-order valence-corrected chi connectivity index (χ1v) is 4.28. The van der Waals surface area contributed by atoms with Crippen LogP contribution in [0.25, 0.3) is 5.70 Å². The average Bonchev–Trinajstić information content (AvgIpc) is 2.17. The number of nitrogens with one attached hydrogen (secondary N) is 1. The van der Waals surface area contributed by atoms with Crippen LogP contribution < -0.4 is 5.32 Å². The minimum atomic E-state index is -0.599. The lowest BCUT2D eigenvalue weighted by molar-refractivity contribution is -0.401. The van der Waals surface area contributed by atoms with Crippen LogP contribution in [0.2, 0.25) is 0 Å². The zero-order chi connectivity index (χ0) is 11.3. The largest absolute Gasteiger partial charge is 0.321 e. The van der Waals surface area contributed by atoms with E-state index in [4.69, 9.17) is 0 Å². The van der Waals surface area contributed by atoms with E-state index in [-0.39, 0.29) is 11.6 Å². The number of hydrogen-bond acceptors (Lipinski definition) is 3. The lowest BCUT2D eigenvalue weighted by Crippen LogP contribution is -2.18. The molecule has 1 aromatic rings. The Labute approximate surface area is 86.6 Å². The van der Waals surface area contributed by atoms with Gasteiger partial charge in [0.1, 0.15) is 5.70 Å². The third-order valence-corrected chi connectivity index (χ3v) is 1.63. The van der Waals surface area contributed by atoms with Gasteiger partial charge in [-0.05, 0) is 0 Å². The molecule has 0 atom stereocenters. The van der Waals surface area contributed by atoms with Crippen molar-refractivity contribution in [3.05, 3.63) is 52.2 Å². The molecule has 0 aliphatic carbocycles. The van der Waals surface area contributed by atoms with Crippen molar-refractivity contribution in [2.24, 2.45) is 0 Å². The van der Waals surface area contributed by atoms with E-state index >= 15 is 0 Å². The molecular formula is C10H10N2O3. The van der Waals surface area contributed by atoms with E-state index < -0.39 is 4.92 Å². The number of rotatable bonds is 3. The van der Waals surface area contributed by atoms with Gasteiger partial charge in [0.05, 0.1) is 4.92 Å². The van der Waals surface area contributed by atoms with Gasteiger partial charge in [-0.1, -0.05) is 30.3 Å². The lowest BCUT2D eigenvalue weighted by atomic mass is 10.2. The number of nitrogens with zero attached hydrogens (tertiary/aromatic N) is 1. The Morgan fingerprint density at radius 3 is 2.47 bits per heavy atom. The van der Waals surface area contributed by atoms with Crippen molar-refractivity contribution >= 4 is 11.6 Å². The van der Waals surface area contributed by atoms with Gasteiger partial charge in [0.25, 0.3) is 6.20 Å². The number of carbonyl (C=O) groups is 1. The van der Waals surface area contributed by atoms with Crippen molar-refractivity contribution in [2.45, 2.75) is 6.92 Å². The van der Waals surface area contributed by atoms with E-state index in [2.05, 4.69) is 5.32 Å². The summed E-state index contributed by atoms with van der Waals surface area (Å²) >= 11 is 0. The van der Waals surface area contributed by atoms with Crippen molar-refractivity contribution in [3.63, 3.8) is 0 Å². The maximum absolute atomic E-state index is 10.8. The number of benzene rings is 1. The first-order valence-electron chi connectivity index (χ1n) is 4.28. The van der Waals surface area contributed by atoms with Crippen LogP contribution in [0, 0.1) is 10.1 Å². The van der Waals surface area contributed by atoms with Crippen molar-refractivity contribution in [1.82, 2.24) is 5.32 Å². The van der Waals surface area contributed by atoms with Gasteiger partial charge in [0, 0.05) is 12.5 Å². The van der Waals surface area contributed by atoms with Gasteiger partial charge in [0.2, 0.25) is 5.91 Å². The Balaban J connectivity index is 3.02. The van der Waals surface area contributed by atoms with Crippen LogP contribution >= 0.6 is 0 Å². The van der Waals surface area contributed by atoms with Crippen LogP contribution in [0.5, 0.6) is 0 Å². The highest BCUT2D eigenvalue weighted by atomic mass is 16.6. The van der Waals surface area contributed by atoms with Gasteiger partial charge in [-0.15, -0.1) is 0 Å². The standard InChI is InChI=1S/C10H10N2O3/c1-8(13)11-10(7-12(14)15)9-5-3-2-4-6-9/h2-7H,1H3,(H,11,13)/b10-7-. The van der Waals surface area contributed by atoms with Gasteiger partial charge < -0.3 is 5.32 Å². The molecule has 1 rings (SSSR count). The molecule has 1 aromatic carbocycles. The number of carbonyl (C=O) groups excluding carboxylic acids is 1. The van der Waals surface area contributed by atoms with Crippen molar-refractivity contribution in [1.29, 1.82) is 0 Å². The maximum atomic E-state index is 10.8. The first-order chi connectivity index (χ1) is 7.09. The number of amides is 1. The summed E-state index contributed by atoms with van der Waals surface area (Å²) in [6, 6.07) is 8.65. The lowest BCUT2D eigenvalue weighted by Gasteiger charge is -2.04. The summed E-state index contributed by atoms with van der Waals surface area (Å²) in [5.74, 6) is -0.341. The molecule has 0 saturated carbocycles. The quantitative estimate of drug-likeness (QED) is 0.600. The fraction of sp³-hybridized carbons (Fsp3) is 0.100. The molecule has 5 heteroatoms. The average molecular weight is 206 g/mol. The summed E-state index contributed by atoms with van der Waals surface area (Å²) in [6.45, 7) is 1.30. The second-order valence-corrected chi connectivity index (χ2v) is 2.88. The molecule has 0 aliphatic heterocycles. The number of hydrogen-bond donors (Lipinski definition) is 1. The maximum Gasteiger partial charge on any atom is 0.258 e. The Hall–Kier alpha value is -2.17. The van der Waals surface area contributed by atoms with Gasteiger partial charge in [-0.2, -0.15) is 0 Å². The first kappa shape index (κ1) is 10.9. The molecule has 0 radical (unpaired) electrons. The Bertz CT molecular complexity index is 398. The van der Waals surface area contributed by atoms with E-state index in [1.165, 1.54) is 6.92 Å². The summed E-state index contributed by atoms with van der Waals surface area (Å²) in [7, 11) is 0. The Morgan fingerprint density at radius 1 is 1.40 bits per heavy atom. The molecule has 0 saturated heterocycles. The van der Waals surface area contributed by atoms with Crippen LogP contribution in [0.3, 0.4) is 0 Å². The molecule has 5 nitrogen and oxygen atoms in total. The van der Waals surface area contributed by atoms with E-state index in [9.17, 15) is 14.9 Å². The van der Waals surface area contributed by atoms with E-state index in [1.54, 1.807) is 30.3 Å². The molecule has 0 aliphatic rings. The van der Waals surface area contributed by atoms with Gasteiger partial charge in [-0.3, -0.25) is 14.9 Å². The van der Waals surface area contributed by atoms with Crippen LogP contribution in [-0.4, -0.2) is 10.8 Å². The molecule has 0 fully saturated rings. The third kappa shape index (κ3) is 3.60. The number of nitro groups is 1. The molecule has 0 spiro atoms. The molecule has 78 valence electrons. The molecule has 15 heavy (non-hydrogen) atoms. The van der Waals surface area contributed by atoms with Gasteiger partial charge >= 0.3 is 0 Å². The zero-order valence-electron chi connectivity index (χ0n) is 8.14. The highest BCUT2D eigenvalue weighted by molar-refractivity contribution is 5.84. The fourth-order valence-electron chi connectivity index (χ4n) is 1.09. The fourth-order valence-corrected chi connectivity index (χ4v) is 1.09. The molecule has 1 amide bonds. The second-order valence-electron chi connectivity index (χ2n) is 2.88. The van der Waals surface area contributed by atoms with E-state index in [0.29, 0.717) is 5.56 Å². The molecule has 1 N–H and O–H groups in total. The minimum Gasteiger partial charge on any atom is -0.321 e. The van der Waals surface area contributed by atoms with Crippen LogP contribution in [0.1, 0.15) is 12.5 Å². The molecular weight excluding hydrogens is 196 g/mol. The monoisotopic (exact) mass is 206 g/mol. The van der Waals surface area contributed by atoms with E-state index in [1.807, 2.05) is 0 Å². The van der Waals surface area contributed by atoms with Crippen LogP contribution in [0.15, 0.2) is 36.5 Å². The SMILES string of the molecule is CC(=O)N/C(=C\[N+](=O)[O-])c1ccccc1. The molecule has 0 unspecified atom stereocenters. The summed E-state index contributed by atoms with van der Waals surface area (Å²) in [5.41, 5.74) is 0.789. The van der Waals surface area contributed by atoms with Gasteiger partial charge in [0.15, 0.2) is 0 Å². The summed E-state index contributed by atoms with van der Waals surface area (Å²) in [5, 5.41) is 12.8. The predicted molar refractivity (Wildman–Crippen MR) is 55.2 cm³/mol. The normalized spacial score (nSPS) is 10.9. The minimum absolute atomic E-state index is 0.188. The van der Waals surface area contributed by atoms with Crippen LogP contribution in [-0.2, 0) is 4.79 Å². The topological polar surface area (TPSA) is 72.2 Å². The van der Waals surface area contributed by atoms with Crippen molar-refractivity contribution < 1.29 is 9.72 Å². The molecule has 0 aromatic heterocycles. The summed E-state index contributed by atoms with van der Waals surface area (Å²) < 4.78 is 0. The zero-order valence-corrected chi connectivity index (χ0v) is 8.14. The van der Waals surface area contributed by atoms with Crippen LogP contribution in [0.4, 0.5) is 0 Å². The third-order valence-electron chi connectivity index (χ3n) is 1.63. The Kier molecular flexibility index (Phi) is 3.56. The molecule has 0 heterocycles. The second kappa shape index (κ2) is 4.90. The van der Waals surface area contributed by atoms with E-state index in [0.717, 1.165) is 6.20 Å². The smallest absolute Gasteiger partial charge is 0.258 e. The molecule has 0 bridgehead atoms. The predicted octanol–water partition coefficient (Wildman–Crippen LogP) is 1.40. The van der Waals surface area contributed by atoms with Crippen molar-refractivity contribution in [2.75, 3.05) is 0 Å². The van der Waals surface area contributed by atoms with Crippen molar-refractivity contribution in [3.8, 4) is 0 Å². The highest BCUT2D eigenvalue weighted by Gasteiger charge is 2.07. The Morgan fingerprint density at radius 2 is 2.00 bits per heavy atom. The van der Waals surface area contributed by atoms with Gasteiger partial charge in [-0.25, -0.2) is 0 Å². The summed E-state index contributed by atoms with van der Waals surface area (Å²) in [4.78, 5) is 20.6. The highest BCUT2D eigenvalue weighted by Crippen LogP contribution is 2.10.